The monoisotopic (exact) mass is 290 g/mol. The summed E-state index contributed by atoms with van der Waals surface area (Å²) in [5, 5.41) is 6.06. The third kappa shape index (κ3) is 3.17. The molecule has 0 saturated carbocycles. The molecular formula is C13H14N4O2S. The number of hydrogen-bond acceptors (Lipinski definition) is 4. The minimum absolute atomic E-state index is 0.00958. The van der Waals surface area contributed by atoms with Crippen molar-refractivity contribution in [3.8, 4) is 11.8 Å². The number of nitrogens with one attached hydrogen (secondary N) is 2. The summed E-state index contributed by atoms with van der Waals surface area (Å²) in [6.45, 7) is 2.06. The first-order valence-corrected chi connectivity index (χ1v) is 7.33. The Bertz CT molecular complexity index is 755. The molecule has 0 radical (unpaired) electrons. The van der Waals surface area contributed by atoms with Crippen LogP contribution in [0.2, 0.25) is 0 Å². The van der Waals surface area contributed by atoms with Gasteiger partial charge in [-0.15, -0.1) is 0 Å². The fourth-order valence-corrected chi connectivity index (χ4v) is 2.59. The lowest BCUT2D eigenvalue weighted by atomic mass is 10.1. The maximum Gasteiger partial charge on any atom is 0.278 e. The summed E-state index contributed by atoms with van der Waals surface area (Å²) in [5.41, 5.74) is 7.28. The summed E-state index contributed by atoms with van der Waals surface area (Å²) in [4.78, 5) is 0. The SMILES string of the molecule is Cc1ccc(C#CCN)cc1NS(=O)(=O)c1ccn[nH]1. The number of benzene rings is 1. The van der Waals surface area contributed by atoms with Crippen molar-refractivity contribution in [3.63, 3.8) is 0 Å². The van der Waals surface area contributed by atoms with Crippen LogP contribution in [0.15, 0.2) is 35.5 Å². The Morgan fingerprint density at radius 2 is 2.20 bits per heavy atom. The summed E-state index contributed by atoms with van der Waals surface area (Å²) in [7, 11) is -3.67. The van der Waals surface area contributed by atoms with E-state index in [2.05, 4.69) is 26.8 Å². The highest BCUT2D eigenvalue weighted by Crippen LogP contribution is 2.20. The van der Waals surface area contributed by atoms with E-state index < -0.39 is 10.0 Å². The smallest absolute Gasteiger partial charge is 0.278 e. The van der Waals surface area contributed by atoms with E-state index in [1.54, 1.807) is 12.1 Å². The number of aromatic nitrogens is 2. The summed E-state index contributed by atoms with van der Waals surface area (Å²) in [5.74, 6) is 5.59. The van der Waals surface area contributed by atoms with E-state index in [0.29, 0.717) is 11.3 Å². The lowest BCUT2D eigenvalue weighted by Gasteiger charge is -2.09. The third-order valence-electron chi connectivity index (χ3n) is 2.58. The van der Waals surface area contributed by atoms with Crippen molar-refractivity contribution < 1.29 is 8.42 Å². The van der Waals surface area contributed by atoms with Gasteiger partial charge < -0.3 is 5.73 Å². The van der Waals surface area contributed by atoms with Crippen LogP contribution in [0.25, 0.3) is 0 Å². The van der Waals surface area contributed by atoms with E-state index in [-0.39, 0.29) is 11.6 Å². The largest absolute Gasteiger partial charge is 0.320 e. The number of nitrogens with zero attached hydrogens (tertiary/aromatic N) is 1. The molecule has 0 saturated heterocycles. The molecule has 6 nitrogen and oxygen atoms in total. The second kappa shape index (κ2) is 5.77. The minimum atomic E-state index is -3.67. The van der Waals surface area contributed by atoms with Crippen molar-refractivity contribution in [2.75, 3.05) is 11.3 Å². The zero-order valence-corrected chi connectivity index (χ0v) is 11.7. The first kappa shape index (κ1) is 14.1. The van der Waals surface area contributed by atoms with Crippen LogP contribution in [0, 0.1) is 18.8 Å². The Labute approximate surface area is 117 Å². The topological polar surface area (TPSA) is 101 Å². The van der Waals surface area contributed by atoms with E-state index in [4.69, 9.17) is 5.73 Å². The van der Waals surface area contributed by atoms with Crippen LogP contribution >= 0.6 is 0 Å². The molecule has 7 heteroatoms. The molecule has 1 aromatic heterocycles. The average molecular weight is 290 g/mol. The second-order valence-electron chi connectivity index (χ2n) is 4.06. The molecule has 0 spiro atoms. The number of rotatable bonds is 3. The van der Waals surface area contributed by atoms with Crippen molar-refractivity contribution >= 4 is 15.7 Å². The van der Waals surface area contributed by atoms with E-state index in [1.807, 2.05) is 13.0 Å². The molecule has 0 amide bonds. The molecule has 0 aliphatic carbocycles. The molecule has 0 aliphatic heterocycles. The molecule has 20 heavy (non-hydrogen) atoms. The lowest BCUT2D eigenvalue weighted by molar-refractivity contribution is 0.597. The number of aromatic amines is 1. The molecule has 104 valence electrons. The predicted molar refractivity (Wildman–Crippen MR) is 76.5 cm³/mol. The predicted octanol–water partition coefficient (Wildman–Crippen LogP) is 0.829. The number of aryl methyl sites for hydroxylation is 1. The Balaban J connectivity index is 2.34. The standard InChI is InChI=1S/C13H14N4O2S/c1-10-4-5-11(3-2-7-14)9-12(10)17-20(18,19)13-6-8-15-16-13/h4-6,8-9,17H,7,14H2,1H3,(H,15,16). The van der Waals surface area contributed by atoms with Gasteiger partial charge in [-0.2, -0.15) is 13.5 Å². The molecule has 2 aromatic rings. The molecule has 0 atom stereocenters. The second-order valence-corrected chi connectivity index (χ2v) is 5.71. The Hall–Kier alpha value is -2.30. The van der Waals surface area contributed by atoms with Crippen molar-refractivity contribution in [2.24, 2.45) is 5.73 Å². The Morgan fingerprint density at radius 1 is 1.40 bits per heavy atom. The van der Waals surface area contributed by atoms with Crippen LogP contribution in [0.3, 0.4) is 0 Å². The number of hydrogen-bond donors (Lipinski definition) is 3. The average Bonchev–Trinajstić information content (AvgIpc) is 2.94. The summed E-state index contributed by atoms with van der Waals surface area (Å²) >= 11 is 0. The van der Waals surface area contributed by atoms with E-state index in [9.17, 15) is 8.42 Å². The van der Waals surface area contributed by atoms with Crippen LogP contribution in [0.5, 0.6) is 0 Å². The molecule has 1 aromatic carbocycles. The number of sulfonamides is 1. The summed E-state index contributed by atoms with van der Waals surface area (Å²) in [6, 6.07) is 6.67. The number of anilines is 1. The number of H-pyrrole nitrogens is 1. The fraction of sp³-hybridized carbons (Fsp3) is 0.154. The van der Waals surface area contributed by atoms with Crippen LogP contribution in [0.1, 0.15) is 11.1 Å². The first-order chi connectivity index (χ1) is 9.53. The van der Waals surface area contributed by atoms with Crippen molar-refractivity contribution in [3.05, 3.63) is 41.6 Å². The maximum absolute atomic E-state index is 12.1. The van der Waals surface area contributed by atoms with Crippen LogP contribution in [0.4, 0.5) is 5.69 Å². The molecule has 1 heterocycles. The molecule has 0 bridgehead atoms. The molecule has 4 N–H and O–H groups in total. The zero-order chi connectivity index (χ0) is 14.6. The zero-order valence-electron chi connectivity index (χ0n) is 10.8. The Morgan fingerprint density at radius 3 is 2.85 bits per heavy atom. The molecule has 2 rings (SSSR count). The van der Waals surface area contributed by atoms with Gasteiger partial charge in [-0.05, 0) is 30.7 Å². The quantitative estimate of drug-likeness (QED) is 0.729. The Kier molecular flexibility index (Phi) is 4.08. The molecule has 0 unspecified atom stereocenters. The first-order valence-electron chi connectivity index (χ1n) is 5.85. The van der Waals surface area contributed by atoms with Crippen LogP contribution < -0.4 is 10.5 Å². The van der Waals surface area contributed by atoms with Gasteiger partial charge in [0.05, 0.1) is 18.4 Å². The van der Waals surface area contributed by atoms with Crippen LogP contribution in [-0.2, 0) is 10.0 Å². The van der Waals surface area contributed by atoms with Crippen molar-refractivity contribution in [1.82, 2.24) is 10.2 Å². The van der Waals surface area contributed by atoms with Gasteiger partial charge in [0.1, 0.15) is 0 Å². The van der Waals surface area contributed by atoms with E-state index in [1.165, 1.54) is 12.3 Å². The summed E-state index contributed by atoms with van der Waals surface area (Å²) in [6.07, 6.45) is 1.38. The van der Waals surface area contributed by atoms with Crippen LogP contribution in [-0.4, -0.2) is 25.2 Å². The van der Waals surface area contributed by atoms with Crippen molar-refractivity contribution in [1.29, 1.82) is 0 Å². The minimum Gasteiger partial charge on any atom is -0.320 e. The highest BCUT2D eigenvalue weighted by molar-refractivity contribution is 7.92. The van der Waals surface area contributed by atoms with Gasteiger partial charge in [0.2, 0.25) is 0 Å². The highest BCUT2D eigenvalue weighted by atomic mass is 32.2. The molecule has 0 fully saturated rings. The van der Waals surface area contributed by atoms with Gasteiger partial charge in [-0.25, -0.2) is 0 Å². The third-order valence-corrected chi connectivity index (χ3v) is 3.88. The molecule has 0 aliphatic rings. The fourth-order valence-electron chi connectivity index (χ4n) is 1.56. The normalized spacial score (nSPS) is 10.7. The van der Waals surface area contributed by atoms with Gasteiger partial charge in [-0.3, -0.25) is 9.82 Å². The van der Waals surface area contributed by atoms with Gasteiger partial charge >= 0.3 is 0 Å². The highest BCUT2D eigenvalue weighted by Gasteiger charge is 2.16. The number of nitrogens with two attached hydrogens (primary N) is 1. The van der Waals surface area contributed by atoms with E-state index >= 15 is 0 Å². The van der Waals surface area contributed by atoms with Gasteiger partial charge in [-0.1, -0.05) is 17.9 Å². The maximum atomic E-state index is 12.1. The summed E-state index contributed by atoms with van der Waals surface area (Å²) < 4.78 is 26.7. The van der Waals surface area contributed by atoms with Gasteiger partial charge in [0.15, 0.2) is 5.03 Å². The van der Waals surface area contributed by atoms with E-state index in [0.717, 1.165) is 5.56 Å². The molecular weight excluding hydrogens is 276 g/mol. The lowest BCUT2D eigenvalue weighted by Crippen LogP contribution is -2.14. The van der Waals surface area contributed by atoms with Crippen molar-refractivity contribution in [2.45, 2.75) is 11.9 Å². The van der Waals surface area contributed by atoms with Gasteiger partial charge in [0.25, 0.3) is 10.0 Å². The van der Waals surface area contributed by atoms with Gasteiger partial charge in [0, 0.05) is 5.56 Å².